The molecule has 1 N–H and O–H groups in total. The number of hydrogen-bond donors (Lipinski definition) is 1. The Morgan fingerprint density at radius 2 is 2.11 bits per heavy atom. The van der Waals surface area contributed by atoms with E-state index in [0.717, 1.165) is 6.92 Å². The summed E-state index contributed by atoms with van der Waals surface area (Å²) in [5.74, 6) is -1.12. The van der Waals surface area contributed by atoms with Crippen molar-refractivity contribution in [1.82, 2.24) is 5.73 Å². The van der Waals surface area contributed by atoms with E-state index in [4.69, 9.17) is 5.73 Å². The van der Waals surface area contributed by atoms with Crippen molar-refractivity contribution in [3.63, 3.8) is 0 Å². The van der Waals surface area contributed by atoms with Gasteiger partial charge in [0.05, 0.1) is 6.04 Å². The van der Waals surface area contributed by atoms with Gasteiger partial charge in [0.2, 0.25) is 5.78 Å². The maximum absolute atomic E-state index is 10.5. The van der Waals surface area contributed by atoms with Crippen molar-refractivity contribution in [3.05, 3.63) is 0 Å². The van der Waals surface area contributed by atoms with E-state index in [9.17, 15) is 9.59 Å². The molecule has 0 unspecified atom stereocenters. The zero-order valence-corrected chi connectivity index (χ0v) is 5.94. The molecule has 0 spiro atoms. The molecule has 0 aromatic heterocycles. The summed E-state index contributed by atoms with van der Waals surface area (Å²) < 4.78 is 0. The predicted molar refractivity (Wildman–Crippen MR) is 36.4 cm³/mol. The molecule has 9 heavy (non-hydrogen) atoms. The second-order valence-electron chi connectivity index (χ2n) is 1.66. The number of carbonyl (C=O) groups is 2. The standard InChI is InChI=1S/C5H8NO2S/c1-3(7)5(8)4(6)2-9/h4,6,9H,2H2,1H3/t4-/m0/s1. The molecular weight excluding hydrogens is 138 g/mol. The molecule has 0 saturated heterocycles. The number of hydrogen-bond acceptors (Lipinski definition) is 3. The maximum Gasteiger partial charge on any atom is 0.217 e. The quantitative estimate of drug-likeness (QED) is 0.440. The van der Waals surface area contributed by atoms with E-state index in [2.05, 4.69) is 12.6 Å². The first-order valence-electron chi connectivity index (χ1n) is 2.46. The summed E-state index contributed by atoms with van der Waals surface area (Å²) in [6, 6.07) is -0.981. The average molecular weight is 146 g/mol. The third-order valence-electron chi connectivity index (χ3n) is 0.846. The summed E-state index contributed by atoms with van der Waals surface area (Å²) in [6.07, 6.45) is 0. The third-order valence-corrected chi connectivity index (χ3v) is 1.21. The number of carbonyl (C=O) groups excluding carboxylic acids is 2. The van der Waals surface area contributed by atoms with Crippen molar-refractivity contribution < 1.29 is 9.59 Å². The second-order valence-corrected chi connectivity index (χ2v) is 2.02. The molecule has 0 aromatic rings. The van der Waals surface area contributed by atoms with Gasteiger partial charge in [-0.05, 0) is 0 Å². The van der Waals surface area contributed by atoms with Crippen molar-refractivity contribution in [2.75, 3.05) is 5.75 Å². The summed E-state index contributed by atoms with van der Waals surface area (Å²) in [6.45, 7) is 1.16. The fourth-order valence-corrected chi connectivity index (χ4v) is 0.494. The van der Waals surface area contributed by atoms with Gasteiger partial charge in [-0.2, -0.15) is 12.6 Å². The van der Waals surface area contributed by atoms with Gasteiger partial charge in [0.1, 0.15) is 0 Å². The van der Waals surface area contributed by atoms with Gasteiger partial charge in [-0.15, -0.1) is 0 Å². The largest absolute Gasteiger partial charge is 0.291 e. The summed E-state index contributed by atoms with van der Waals surface area (Å²) in [7, 11) is 0. The third kappa shape index (κ3) is 2.62. The van der Waals surface area contributed by atoms with Gasteiger partial charge < -0.3 is 0 Å². The molecular formula is C5H8NO2S. The van der Waals surface area contributed by atoms with Gasteiger partial charge in [0.15, 0.2) is 5.78 Å². The normalized spacial score (nSPS) is 12.8. The number of thiol groups is 1. The summed E-state index contributed by atoms with van der Waals surface area (Å²) in [5, 5.41) is 0. The van der Waals surface area contributed by atoms with E-state index >= 15 is 0 Å². The van der Waals surface area contributed by atoms with Crippen LogP contribution in [0, 0.1) is 0 Å². The molecule has 0 fully saturated rings. The summed E-state index contributed by atoms with van der Waals surface area (Å²) in [5.41, 5.74) is 6.91. The van der Waals surface area contributed by atoms with Crippen LogP contribution in [0.2, 0.25) is 0 Å². The lowest BCUT2D eigenvalue weighted by Gasteiger charge is -1.99. The van der Waals surface area contributed by atoms with E-state index < -0.39 is 17.6 Å². The first kappa shape index (κ1) is 8.65. The SMILES string of the molecule is CC(=O)C(=O)[C@@H]([NH])CS. The molecule has 1 radical (unpaired) electrons. The highest BCUT2D eigenvalue weighted by Crippen LogP contribution is 1.88. The minimum Gasteiger partial charge on any atom is -0.291 e. The molecule has 51 valence electrons. The summed E-state index contributed by atoms with van der Waals surface area (Å²) >= 11 is 3.69. The molecule has 0 rings (SSSR count). The van der Waals surface area contributed by atoms with Crippen LogP contribution in [-0.2, 0) is 9.59 Å². The number of rotatable bonds is 3. The van der Waals surface area contributed by atoms with Crippen molar-refractivity contribution >= 4 is 24.2 Å². The van der Waals surface area contributed by atoms with E-state index in [0.29, 0.717) is 0 Å². The van der Waals surface area contributed by atoms with Crippen LogP contribution < -0.4 is 5.73 Å². The highest BCUT2D eigenvalue weighted by molar-refractivity contribution is 7.80. The average Bonchev–Trinajstić information content (AvgIpc) is 1.84. The Labute approximate surface area is 59.0 Å². The number of ketones is 2. The lowest BCUT2D eigenvalue weighted by atomic mass is 10.2. The van der Waals surface area contributed by atoms with Crippen LogP contribution >= 0.6 is 12.6 Å². The predicted octanol–water partition coefficient (Wildman–Crippen LogP) is -0.274. The Morgan fingerprint density at radius 1 is 1.67 bits per heavy atom. The van der Waals surface area contributed by atoms with Gasteiger partial charge in [-0.3, -0.25) is 9.59 Å². The zero-order valence-electron chi connectivity index (χ0n) is 5.05. The molecule has 0 aromatic carbocycles. The van der Waals surface area contributed by atoms with Gasteiger partial charge in [0.25, 0.3) is 0 Å². The Kier molecular flexibility index (Phi) is 3.49. The molecule has 4 heteroatoms. The fraction of sp³-hybridized carbons (Fsp3) is 0.600. The highest BCUT2D eigenvalue weighted by Gasteiger charge is 2.15. The Morgan fingerprint density at radius 3 is 2.22 bits per heavy atom. The van der Waals surface area contributed by atoms with Gasteiger partial charge in [-0.1, -0.05) is 0 Å². The molecule has 3 nitrogen and oxygen atoms in total. The van der Waals surface area contributed by atoms with Crippen molar-refractivity contribution in [2.45, 2.75) is 13.0 Å². The topological polar surface area (TPSA) is 57.9 Å². The van der Waals surface area contributed by atoms with Crippen molar-refractivity contribution in [1.29, 1.82) is 0 Å². The second kappa shape index (κ2) is 3.63. The van der Waals surface area contributed by atoms with E-state index in [1.54, 1.807) is 0 Å². The maximum atomic E-state index is 10.5. The van der Waals surface area contributed by atoms with Crippen LogP contribution in [0.25, 0.3) is 0 Å². The molecule has 0 aliphatic rings. The molecule has 0 aliphatic carbocycles. The van der Waals surface area contributed by atoms with Crippen LogP contribution in [0.1, 0.15) is 6.92 Å². The minimum absolute atomic E-state index is 0.110. The summed E-state index contributed by atoms with van der Waals surface area (Å²) in [4.78, 5) is 20.7. The van der Waals surface area contributed by atoms with Crippen molar-refractivity contribution in [2.24, 2.45) is 0 Å². The van der Waals surface area contributed by atoms with Gasteiger partial charge in [-0.25, -0.2) is 5.73 Å². The van der Waals surface area contributed by atoms with Gasteiger partial charge in [0, 0.05) is 12.7 Å². The first-order valence-corrected chi connectivity index (χ1v) is 3.09. The van der Waals surface area contributed by atoms with Crippen LogP contribution in [0.15, 0.2) is 0 Å². The Hall–Kier alpha value is -0.350. The van der Waals surface area contributed by atoms with Crippen molar-refractivity contribution in [3.8, 4) is 0 Å². The van der Waals surface area contributed by atoms with Crippen LogP contribution in [0.5, 0.6) is 0 Å². The molecule has 1 atom stereocenters. The zero-order chi connectivity index (χ0) is 7.44. The molecule has 0 saturated carbocycles. The highest BCUT2D eigenvalue weighted by atomic mass is 32.1. The minimum atomic E-state index is -0.981. The van der Waals surface area contributed by atoms with E-state index in [-0.39, 0.29) is 5.75 Å². The Bertz CT molecular complexity index is 135. The molecule has 0 heterocycles. The van der Waals surface area contributed by atoms with E-state index in [1.807, 2.05) is 0 Å². The van der Waals surface area contributed by atoms with Crippen LogP contribution in [0.4, 0.5) is 0 Å². The first-order chi connectivity index (χ1) is 4.09. The fourth-order valence-electron chi connectivity index (χ4n) is 0.328. The molecule has 0 bridgehead atoms. The lowest BCUT2D eigenvalue weighted by Crippen LogP contribution is -2.29. The smallest absolute Gasteiger partial charge is 0.217 e. The van der Waals surface area contributed by atoms with E-state index in [1.165, 1.54) is 0 Å². The Balaban J connectivity index is 3.88. The lowest BCUT2D eigenvalue weighted by molar-refractivity contribution is -0.135. The molecule has 0 amide bonds. The molecule has 0 aliphatic heterocycles. The monoisotopic (exact) mass is 146 g/mol. The van der Waals surface area contributed by atoms with Crippen LogP contribution in [-0.4, -0.2) is 23.4 Å². The number of nitrogens with one attached hydrogen (secondary N) is 1. The number of Topliss-reactive ketones (excluding diaryl/α,β-unsaturated/α-hetero) is 2. The van der Waals surface area contributed by atoms with Crippen LogP contribution in [0.3, 0.4) is 0 Å². The van der Waals surface area contributed by atoms with Gasteiger partial charge >= 0.3 is 0 Å².